The fourth-order valence-electron chi connectivity index (χ4n) is 0.957. The van der Waals surface area contributed by atoms with Gasteiger partial charge in [-0.1, -0.05) is 0 Å². The van der Waals surface area contributed by atoms with E-state index in [4.69, 9.17) is 5.73 Å². The SMILES string of the molecule is N[C@@H](Cc1cnc[nH]1)C(=O)[O-].c1c[nH][nH+]c1. The smallest absolute Gasteiger partial charge is 0.192 e. The van der Waals surface area contributed by atoms with E-state index in [2.05, 4.69) is 20.2 Å². The predicted octanol–water partition coefficient (Wildman–Crippen LogP) is -2.14. The van der Waals surface area contributed by atoms with Gasteiger partial charge in [0.2, 0.25) is 0 Å². The first-order chi connectivity index (χ1) is 7.70. The van der Waals surface area contributed by atoms with Crippen LogP contribution in [0.5, 0.6) is 0 Å². The topological polar surface area (TPSA) is 125 Å². The second kappa shape index (κ2) is 6.36. The summed E-state index contributed by atoms with van der Waals surface area (Å²) in [5.41, 5.74) is 5.89. The molecule has 16 heavy (non-hydrogen) atoms. The first-order valence-electron chi connectivity index (χ1n) is 4.63. The summed E-state index contributed by atoms with van der Waals surface area (Å²) in [7, 11) is 0. The number of hydrogen-bond acceptors (Lipinski definition) is 4. The van der Waals surface area contributed by atoms with Crippen molar-refractivity contribution in [1.82, 2.24) is 15.1 Å². The summed E-state index contributed by atoms with van der Waals surface area (Å²) in [6, 6.07) is 0.926. The highest BCUT2D eigenvalue weighted by Crippen LogP contribution is 1.94. The van der Waals surface area contributed by atoms with Crippen LogP contribution in [-0.2, 0) is 11.2 Å². The number of carbonyl (C=O) groups excluding carboxylic acids is 1. The van der Waals surface area contributed by atoms with Gasteiger partial charge in [0.1, 0.15) is 0 Å². The number of carbonyl (C=O) groups is 1. The maximum atomic E-state index is 10.2. The molecule has 86 valence electrons. The Morgan fingerprint density at radius 1 is 1.69 bits per heavy atom. The highest BCUT2D eigenvalue weighted by molar-refractivity contribution is 5.71. The molecule has 0 amide bonds. The van der Waals surface area contributed by atoms with Crippen LogP contribution < -0.4 is 15.9 Å². The van der Waals surface area contributed by atoms with Crippen LogP contribution in [0.2, 0.25) is 0 Å². The van der Waals surface area contributed by atoms with Gasteiger partial charge in [-0.05, 0) is 0 Å². The van der Waals surface area contributed by atoms with E-state index in [0.29, 0.717) is 5.69 Å². The van der Waals surface area contributed by atoms with Gasteiger partial charge in [0, 0.05) is 30.4 Å². The van der Waals surface area contributed by atoms with Crippen molar-refractivity contribution in [2.24, 2.45) is 5.73 Å². The van der Waals surface area contributed by atoms with Crippen molar-refractivity contribution >= 4 is 5.97 Å². The molecular formula is C9H13N5O2. The highest BCUT2D eigenvalue weighted by Gasteiger charge is 2.04. The molecule has 0 aliphatic carbocycles. The first kappa shape index (κ1) is 11.9. The number of hydrogen-bond donors (Lipinski definition) is 3. The number of imidazole rings is 1. The zero-order valence-corrected chi connectivity index (χ0v) is 8.51. The van der Waals surface area contributed by atoms with Crippen LogP contribution in [0, 0.1) is 0 Å². The minimum absolute atomic E-state index is 0.225. The van der Waals surface area contributed by atoms with Gasteiger partial charge in [0.25, 0.3) is 0 Å². The average Bonchev–Trinajstić information content (AvgIpc) is 2.92. The van der Waals surface area contributed by atoms with Crippen molar-refractivity contribution in [2.45, 2.75) is 12.5 Å². The molecule has 2 aromatic heterocycles. The van der Waals surface area contributed by atoms with Crippen LogP contribution in [0.3, 0.4) is 0 Å². The molecule has 0 aromatic carbocycles. The second-order valence-electron chi connectivity index (χ2n) is 3.02. The van der Waals surface area contributed by atoms with Crippen LogP contribution in [0.4, 0.5) is 0 Å². The number of aliphatic carboxylic acids is 1. The minimum atomic E-state index is -1.25. The van der Waals surface area contributed by atoms with Gasteiger partial charge in [0.15, 0.2) is 6.20 Å². The first-order valence-corrected chi connectivity index (χ1v) is 4.63. The summed E-state index contributed by atoms with van der Waals surface area (Å²) in [5.74, 6) is -1.25. The molecule has 7 nitrogen and oxygen atoms in total. The van der Waals surface area contributed by atoms with Gasteiger partial charge in [-0.25, -0.2) is 4.98 Å². The van der Waals surface area contributed by atoms with E-state index in [9.17, 15) is 9.90 Å². The summed E-state index contributed by atoms with van der Waals surface area (Å²) in [5, 5.41) is 15.6. The zero-order chi connectivity index (χ0) is 11.8. The molecule has 7 heteroatoms. The number of nitrogens with zero attached hydrogens (tertiary/aromatic N) is 1. The number of nitrogens with two attached hydrogens (primary N) is 1. The summed E-state index contributed by atoms with van der Waals surface area (Å²) < 4.78 is 0. The Bertz CT molecular complexity index is 367. The Morgan fingerprint density at radius 3 is 2.88 bits per heavy atom. The summed E-state index contributed by atoms with van der Waals surface area (Å²) in [4.78, 5) is 16.6. The Morgan fingerprint density at radius 2 is 2.50 bits per heavy atom. The van der Waals surface area contributed by atoms with Crippen molar-refractivity contribution in [1.29, 1.82) is 0 Å². The number of carboxylic acid groups (broad SMARTS) is 1. The van der Waals surface area contributed by atoms with Gasteiger partial charge < -0.3 is 20.6 Å². The van der Waals surface area contributed by atoms with Crippen molar-refractivity contribution in [3.05, 3.63) is 36.7 Å². The van der Waals surface area contributed by atoms with Crippen LogP contribution in [-0.4, -0.2) is 27.1 Å². The molecular weight excluding hydrogens is 210 g/mol. The Labute approximate surface area is 91.7 Å². The highest BCUT2D eigenvalue weighted by atomic mass is 16.4. The van der Waals surface area contributed by atoms with Crippen molar-refractivity contribution < 1.29 is 15.0 Å². The van der Waals surface area contributed by atoms with E-state index in [1.54, 1.807) is 0 Å². The summed E-state index contributed by atoms with van der Waals surface area (Å²) >= 11 is 0. The largest absolute Gasteiger partial charge is 0.548 e. The zero-order valence-electron chi connectivity index (χ0n) is 8.51. The molecule has 2 rings (SSSR count). The maximum Gasteiger partial charge on any atom is 0.192 e. The molecule has 2 heterocycles. The lowest BCUT2D eigenvalue weighted by Gasteiger charge is -2.09. The average molecular weight is 223 g/mol. The van der Waals surface area contributed by atoms with E-state index < -0.39 is 12.0 Å². The van der Waals surface area contributed by atoms with Crippen LogP contribution in [0.15, 0.2) is 31.0 Å². The molecule has 1 atom stereocenters. The Hall–Kier alpha value is -2.15. The molecule has 2 aromatic rings. The van der Waals surface area contributed by atoms with E-state index in [0.717, 1.165) is 0 Å². The van der Waals surface area contributed by atoms with Crippen molar-refractivity contribution in [3.63, 3.8) is 0 Å². The minimum Gasteiger partial charge on any atom is -0.548 e. The van der Waals surface area contributed by atoms with E-state index in [-0.39, 0.29) is 6.42 Å². The van der Waals surface area contributed by atoms with Crippen LogP contribution >= 0.6 is 0 Å². The lowest BCUT2D eigenvalue weighted by atomic mass is 10.2. The molecule has 0 bridgehead atoms. The molecule has 0 radical (unpaired) electrons. The molecule has 0 fully saturated rings. The molecule has 0 aliphatic heterocycles. The van der Waals surface area contributed by atoms with Crippen molar-refractivity contribution in [3.8, 4) is 0 Å². The summed E-state index contributed by atoms with van der Waals surface area (Å²) in [6.07, 6.45) is 6.86. The number of aromatic amines is 3. The third-order valence-corrected chi connectivity index (χ3v) is 1.74. The molecule has 0 saturated carbocycles. The second-order valence-corrected chi connectivity index (χ2v) is 3.02. The van der Waals surface area contributed by atoms with E-state index >= 15 is 0 Å². The fraction of sp³-hybridized carbons (Fsp3) is 0.222. The van der Waals surface area contributed by atoms with Gasteiger partial charge in [-0.3, -0.25) is 0 Å². The third kappa shape index (κ3) is 4.38. The fourth-order valence-corrected chi connectivity index (χ4v) is 0.957. The quantitative estimate of drug-likeness (QED) is 0.549. The van der Waals surface area contributed by atoms with Gasteiger partial charge in [-0.15, -0.1) is 5.10 Å². The monoisotopic (exact) mass is 223 g/mol. The number of rotatable bonds is 3. The van der Waals surface area contributed by atoms with Gasteiger partial charge in [0.05, 0.1) is 18.5 Å². The number of aromatic nitrogens is 4. The standard InChI is InChI=1S/C6H9N3O2.C3H4N2/c7-5(6(10)11)1-4-2-8-3-9-4;1-2-4-5-3-1/h2-3,5H,1,7H2,(H,8,9)(H,10,11);1-3H,(H,4,5)/t5-;/m0./s1. The van der Waals surface area contributed by atoms with Crippen molar-refractivity contribution in [2.75, 3.05) is 0 Å². The molecule has 0 aliphatic rings. The number of H-pyrrole nitrogens is 3. The van der Waals surface area contributed by atoms with Gasteiger partial charge in [-0.2, -0.15) is 5.10 Å². The maximum absolute atomic E-state index is 10.2. The molecule has 0 spiro atoms. The Kier molecular flexibility index (Phi) is 4.74. The molecule has 0 saturated heterocycles. The summed E-state index contributed by atoms with van der Waals surface area (Å²) in [6.45, 7) is 0. The van der Waals surface area contributed by atoms with E-state index in [1.165, 1.54) is 12.5 Å². The third-order valence-electron chi connectivity index (χ3n) is 1.74. The normalized spacial score (nSPS) is 11.3. The predicted molar refractivity (Wildman–Crippen MR) is 52.6 cm³/mol. The Balaban J connectivity index is 0.000000212. The van der Waals surface area contributed by atoms with Gasteiger partial charge >= 0.3 is 0 Å². The van der Waals surface area contributed by atoms with Crippen LogP contribution in [0.25, 0.3) is 0 Å². The lowest BCUT2D eigenvalue weighted by molar-refractivity contribution is -0.449. The molecule has 5 N–H and O–H groups in total. The number of carboxylic acids is 1. The lowest BCUT2D eigenvalue weighted by Crippen LogP contribution is -2.43. The van der Waals surface area contributed by atoms with E-state index in [1.807, 2.05) is 18.5 Å². The number of nitrogens with one attached hydrogen (secondary N) is 3. The van der Waals surface area contributed by atoms with Crippen LogP contribution in [0.1, 0.15) is 5.69 Å². The molecule has 0 unspecified atom stereocenters.